The number of amides is 1. The lowest BCUT2D eigenvalue weighted by Gasteiger charge is -2.00. The van der Waals surface area contributed by atoms with E-state index in [4.69, 9.17) is 23.2 Å². The summed E-state index contributed by atoms with van der Waals surface area (Å²) >= 11 is 16.3. The number of halogens is 2. The molecule has 0 saturated heterocycles. The molecule has 2 aromatic carbocycles. The van der Waals surface area contributed by atoms with E-state index in [-0.39, 0.29) is 22.4 Å². The van der Waals surface area contributed by atoms with Gasteiger partial charge < -0.3 is 0 Å². The van der Waals surface area contributed by atoms with Crippen molar-refractivity contribution in [1.82, 2.24) is 15.6 Å². The van der Waals surface area contributed by atoms with Gasteiger partial charge in [0.15, 0.2) is 8.68 Å². The Morgan fingerprint density at radius 2 is 1.90 bits per heavy atom. The fourth-order valence-electron chi connectivity index (χ4n) is 2.15. The summed E-state index contributed by atoms with van der Waals surface area (Å²) < 4.78 is 1.43. The average Bonchev–Trinajstić information content (AvgIpc) is 3.21. The minimum absolute atomic E-state index is 0.0871. The van der Waals surface area contributed by atoms with E-state index in [0.717, 1.165) is 9.90 Å². The van der Waals surface area contributed by atoms with E-state index >= 15 is 0 Å². The molecule has 0 spiro atoms. The van der Waals surface area contributed by atoms with Crippen LogP contribution in [-0.2, 0) is 10.5 Å². The Kier molecular flexibility index (Phi) is 8.67. The second-order valence-electron chi connectivity index (χ2n) is 5.76. The van der Waals surface area contributed by atoms with Gasteiger partial charge in [0.25, 0.3) is 11.6 Å². The molecule has 0 atom stereocenters. The van der Waals surface area contributed by atoms with E-state index < -0.39 is 4.92 Å². The van der Waals surface area contributed by atoms with E-state index in [0.29, 0.717) is 20.7 Å². The second-order valence-corrected chi connectivity index (χ2v) is 10.00. The number of hydrogen-bond acceptors (Lipinski definition) is 9. The Hall–Kier alpha value is -2.18. The molecule has 0 aliphatic rings. The third-order valence-electron chi connectivity index (χ3n) is 3.61. The molecule has 8 nitrogen and oxygen atoms in total. The van der Waals surface area contributed by atoms with Crippen molar-refractivity contribution in [2.45, 2.75) is 14.4 Å². The lowest BCUT2D eigenvalue weighted by atomic mass is 10.2. The summed E-state index contributed by atoms with van der Waals surface area (Å²) in [7, 11) is 0. The maximum absolute atomic E-state index is 12.0. The van der Waals surface area contributed by atoms with Gasteiger partial charge in [-0.25, -0.2) is 5.43 Å². The summed E-state index contributed by atoms with van der Waals surface area (Å²) in [6, 6.07) is 11.6. The highest BCUT2D eigenvalue weighted by molar-refractivity contribution is 8.03. The highest BCUT2D eigenvalue weighted by Gasteiger charge is 2.10. The standard InChI is InChI=1S/C18H13Cl2N5O3S3/c19-14-4-2-1-3-11(14)9-29-17-23-24-18(31-17)30-10-16(26)22-21-8-12-7-13(25(27)28)5-6-15(12)20/h1-8H,9-10H2,(H,22,26)/b21-8+. The highest BCUT2D eigenvalue weighted by Crippen LogP contribution is 2.32. The van der Waals surface area contributed by atoms with Gasteiger partial charge in [0.1, 0.15) is 0 Å². The third kappa shape index (κ3) is 7.18. The molecule has 0 radical (unpaired) electrons. The van der Waals surface area contributed by atoms with E-state index in [1.807, 2.05) is 24.3 Å². The fourth-order valence-corrected chi connectivity index (χ4v) is 5.41. The predicted octanol–water partition coefficient (Wildman–Crippen LogP) is 5.29. The van der Waals surface area contributed by atoms with Crippen molar-refractivity contribution in [3.63, 3.8) is 0 Å². The largest absolute Gasteiger partial charge is 0.272 e. The third-order valence-corrected chi connectivity index (χ3v) is 7.56. The Labute approximate surface area is 199 Å². The summed E-state index contributed by atoms with van der Waals surface area (Å²) in [5.74, 6) is 0.404. The molecule has 3 aromatic rings. The average molecular weight is 514 g/mol. The molecule has 1 amide bonds. The molecule has 160 valence electrons. The normalized spacial score (nSPS) is 11.0. The quantitative estimate of drug-likeness (QED) is 0.179. The molecule has 0 saturated carbocycles. The van der Waals surface area contributed by atoms with Crippen molar-refractivity contribution in [3.8, 4) is 0 Å². The molecular weight excluding hydrogens is 501 g/mol. The number of carbonyl (C=O) groups excluding carboxylic acids is 1. The maximum atomic E-state index is 12.0. The SMILES string of the molecule is O=C(CSc1nnc(SCc2ccccc2Cl)s1)N/N=C/c1cc([N+](=O)[O-])ccc1Cl. The number of nitro groups is 1. The van der Waals surface area contributed by atoms with Crippen LogP contribution in [-0.4, -0.2) is 33.0 Å². The topological polar surface area (TPSA) is 110 Å². The summed E-state index contributed by atoms with van der Waals surface area (Å²) in [6.45, 7) is 0. The molecule has 1 N–H and O–H groups in total. The first-order valence-corrected chi connectivity index (χ1v) is 12.0. The number of nitrogens with zero attached hydrogens (tertiary/aromatic N) is 4. The number of nitro benzene ring substituents is 1. The van der Waals surface area contributed by atoms with Crippen molar-refractivity contribution >= 4 is 75.9 Å². The van der Waals surface area contributed by atoms with E-state index in [1.54, 1.807) is 0 Å². The minimum Gasteiger partial charge on any atom is -0.272 e. The molecule has 3 rings (SSSR count). The summed E-state index contributed by atoms with van der Waals surface area (Å²) in [5.41, 5.74) is 3.58. The van der Waals surface area contributed by atoms with Crippen LogP contribution in [0.5, 0.6) is 0 Å². The molecule has 0 unspecified atom stereocenters. The first-order chi connectivity index (χ1) is 14.9. The van der Waals surface area contributed by atoms with Gasteiger partial charge in [-0.3, -0.25) is 14.9 Å². The minimum atomic E-state index is -0.536. The van der Waals surface area contributed by atoms with Crippen LogP contribution in [0.1, 0.15) is 11.1 Å². The molecular formula is C18H13Cl2N5O3S3. The molecule has 31 heavy (non-hydrogen) atoms. The Balaban J connectivity index is 1.46. The van der Waals surface area contributed by atoms with Gasteiger partial charge in [-0.1, -0.05) is 76.3 Å². The van der Waals surface area contributed by atoms with Crippen LogP contribution < -0.4 is 5.43 Å². The number of nitrogens with one attached hydrogen (secondary N) is 1. The number of hydrazone groups is 1. The number of thioether (sulfide) groups is 2. The van der Waals surface area contributed by atoms with Crippen molar-refractivity contribution in [3.05, 3.63) is 73.8 Å². The molecule has 0 fully saturated rings. The van der Waals surface area contributed by atoms with E-state index in [1.165, 1.54) is 59.3 Å². The number of rotatable bonds is 9. The molecule has 1 aromatic heterocycles. The van der Waals surface area contributed by atoms with Crippen molar-refractivity contribution in [1.29, 1.82) is 0 Å². The zero-order valence-electron chi connectivity index (χ0n) is 15.5. The zero-order valence-corrected chi connectivity index (χ0v) is 19.5. The molecule has 0 aliphatic carbocycles. The molecule has 0 aliphatic heterocycles. The van der Waals surface area contributed by atoms with Gasteiger partial charge in [-0.2, -0.15) is 5.10 Å². The summed E-state index contributed by atoms with van der Waals surface area (Å²) in [5, 5.41) is 23.8. The van der Waals surface area contributed by atoms with Crippen LogP contribution >= 0.6 is 58.1 Å². The van der Waals surface area contributed by atoms with Crippen LogP contribution in [0.3, 0.4) is 0 Å². The summed E-state index contributed by atoms with van der Waals surface area (Å²) in [6.07, 6.45) is 1.26. The van der Waals surface area contributed by atoms with Gasteiger partial charge in [0, 0.05) is 33.5 Å². The van der Waals surface area contributed by atoms with Crippen LogP contribution in [0.25, 0.3) is 0 Å². The summed E-state index contributed by atoms with van der Waals surface area (Å²) in [4.78, 5) is 22.3. The van der Waals surface area contributed by atoms with E-state index in [2.05, 4.69) is 20.7 Å². The number of hydrogen-bond donors (Lipinski definition) is 1. The number of non-ortho nitro benzene ring substituents is 1. The maximum Gasteiger partial charge on any atom is 0.270 e. The smallest absolute Gasteiger partial charge is 0.270 e. The fraction of sp³-hybridized carbons (Fsp3) is 0.111. The Morgan fingerprint density at radius 1 is 1.16 bits per heavy atom. The van der Waals surface area contributed by atoms with Gasteiger partial charge in [-0.15, -0.1) is 10.2 Å². The van der Waals surface area contributed by atoms with Crippen LogP contribution in [0, 0.1) is 10.1 Å². The lowest BCUT2D eigenvalue weighted by molar-refractivity contribution is -0.384. The van der Waals surface area contributed by atoms with Crippen molar-refractivity contribution in [2.75, 3.05) is 5.75 Å². The van der Waals surface area contributed by atoms with Gasteiger partial charge in [-0.05, 0) is 17.7 Å². The number of aromatic nitrogens is 2. The Bertz CT molecular complexity index is 1130. The molecule has 0 bridgehead atoms. The highest BCUT2D eigenvalue weighted by atomic mass is 35.5. The first kappa shape index (κ1) is 23.5. The van der Waals surface area contributed by atoms with Crippen molar-refractivity contribution < 1.29 is 9.72 Å². The molecule has 1 heterocycles. The van der Waals surface area contributed by atoms with Crippen molar-refractivity contribution in [2.24, 2.45) is 5.10 Å². The van der Waals surface area contributed by atoms with Gasteiger partial charge in [0.2, 0.25) is 0 Å². The second kappa shape index (κ2) is 11.4. The van der Waals surface area contributed by atoms with Crippen LogP contribution in [0.15, 0.2) is 56.2 Å². The van der Waals surface area contributed by atoms with Crippen LogP contribution in [0.2, 0.25) is 10.0 Å². The van der Waals surface area contributed by atoms with Crippen LogP contribution in [0.4, 0.5) is 5.69 Å². The zero-order chi connectivity index (χ0) is 22.2. The van der Waals surface area contributed by atoms with Gasteiger partial charge >= 0.3 is 0 Å². The van der Waals surface area contributed by atoms with E-state index in [9.17, 15) is 14.9 Å². The predicted molar refractivity (Wildman–Crippen MR) is 125 cm³/mol. The number of carbonyl (C=O) groups is 1. The Morgan fingerprint density at radius 3 is 2.65 bits per heavy atom. The number of benzene rings is 2. The lowest BCUT2D eigenvalue weighted by Crippen LogP contribution is -2.19. The van der Waals surface area contributed by atoms with Gasteiger partial charge in [0.05, 0.1) is 16.9 Å². The molecule has 13 heteroatoms. The first-order valence-electron chi connectivity index (χ1n) is 8.50. The monoisotopic (exact) mass is 513 g/mol.